The van der Waals surface area contributed by atoms with Crippen LogP contribution in [0, 0.1) is 0 Å². The number of amidine groups is 1. The molecule has 4 aliphatic heterocycles. The third kappa shape index (κ3) is 3.77. The molecule has 0 amide bonds. The molecule has 2 fully saturated rings. The Bertz CT molecular complexity index is 924. The summed E-state index contributed by atoms with van der Waals surface area (Å²) in [7, 11) is 0. The van der Waals surface area contributed by atoms with Crippen molar-refractivity contribution in [3.8, 4) is 0 Å². The average molecular weight is 462 g/mol. The van der Waals surface area contributed by atoms with Crippen LogP contribution in [0.5, 0.6) is 0 Å². The molecule has 1 aromatic rings. The lowest BCUT2D eigenvalue weighted by atomic mass is 9.97. The summed E-state index contributed by atoms with van der Waals surface area (Å²) in [6, 6.07) is 9.60. The van der Waals surface area contributed by atoms with Crippen molar-refractivity contribution >= 4 is 30.5 Å². The van der Waals surface area contributed by atoms with Crippen molar-refractivity contribution < 1.29 is 24.8 Å². The van der Waals surface area contributed by atoms with Crippen LogP contribution < -0.4 is 0 Å². The van der Waals surface area contributed by atoms with E-state index in [0.29, 0.717) is 37.9 Å². The van der Waals surface area contributed by atoms with E-state index in [1.165, 1.54) is 6.34 Å². The minimum absolute atomic E-state index is 0.240. The summed E-state index contributed by atoms with van der Waals surface area (Å²) in [6.45, 7) is 2.07. The second-order valence-corrected chi connectivity index (χ2v) is 8.88. The monoisotopic (exact) mass is 461 g/mol. The maximum Gasteiger partial charge on any atom is 0.208 e. The number of aliphatic hydroxyl groups excluding tert-OH is 2. The summed E-state index contributed by atoms with van der Waals surface area (Å²) >= 11 is 4.58. The molecule has 32 heavy (non-hydrogen) atoms. The van der Waals surface area contributed by atoms with Crippen molar-refractivity contribution in [2.45, 2.75) is 42.1 Å². The summed E-state index contributed by atoms with van der Waals surface area (Å²) in [5, 5.41) is 31.1. The van der Waals surface area contributed by atoms with Crippen molar-refractivity contribution in [1.29, 1.82) is 0 Å². The highest BCUT2D eigenvalue weighted by Gasteiger charge is 2.54. The molecule has 11 heteroatoms. The molecule has 0 aromatic heterocycles. The third-order valence-electron chi connectivity index (χ3n) is 6.24. The summed E-state index contributed by atoms with van der Waals surface area (Å²) in [4.78, 5) is 17.6. The zero-order chi connectivity index (χ0) is 22.3. The number of fused-ring (bicyclic) bond motifs is 1. The van der Waals surface area contributed by atoms with Gasteiger partial charge in [-0.15, -0.1) is 0 Å². The molecular weight excluding hydrogens is 434 g/mol. The Hall–Kier alpha value is -1.86. The van der Waals surface area contributed by atoms with E-state index in [0.717, 1.165) is 5.56 Å². The van der Waals surface area contributed by atoms with E-state index in [1.807, 2.05) is 35.2 Å². The summed E-state index contributed by atoms with van der Waals surface area (Å²) in [5.74, 6) is 0.435. The lowest BCUT2D eigenvalue weighted by molar-refractivity contribution is -0.0934. The number of thiol groups is 1. The molecule has 2 unspecified atom stereocenters. The number of nitrogens with zero attached hydrogens (tertiary/aromatic N) is 5. The molecule has 4 aliphatic rings. The molecule has 0 radical (unpaired) electrons. The standard InChI is InChI=1S/C21H27N5O5S/c27-11-14-15(28)16(32)19(31-14)26-18-17(24-20(26)25-6-8-30-9-7-25)21(29,23-12-22-18)10-13-4-2-1-3-5-13/h1-5,12,14-16,19-20,27-29,32H,6-11H2/t14-,15-,16-,19-,20?,21?/m1/s1. The van der Waals surface area contributed by atoms with Crippen LogP contribution in [0.25, 0.3) is 0 Å². The van der Waals surface area contributed by atoms with E-state index < -0.39 is 35.7 Å². The van der Waals surface area contributed by atoms with Crippen LogP contribution in [-0.2, 0) is 15.9 Å². The third-order valence-corrected chi connectivity index (χ3v) is 6.80. The zero-order valence-electron chi connectivity index (χ0n) is 17.4. The number of rotatable bonds is 5. The lowest BCUT2D eigenvalue weighted by Gasteiger charge is -2.40. The van der Waals surface area contributed by atoms with Gasteiger partial charge in [0.15, 0.2) is 12.1 Å². The van der Waals surface area contributed by atoms with Crippen molar-refractivity contribution in [3.05, 3.63) is 35.9 Å². The number of ether oxygens (including phenoxy) is 2. The first-order valence-corrected chi connectivity index (χ1v) is 11.2. The van der Waals surface area contributed by atoms with Gasteiger partial charge in [-0.25, -0.2) is 15.0 Å². The first-order valence-electron chi connectivity index (χ1n) is 10.7. The molecule has 5 rings (SSSR count). The number of morpholine rings is 1. The van der Waals surface area contributed by atoms with Crippen LogP contribution in [0.3, 0.4) is 0 Å². The molecule has 4 heterocycles. The van der Waals surface area contributed by atoms with Crippen molar-refractivity contribution in [3.63, 3.8) is 0 Å². The number of aliphatic imine (C=N–C) groups is 3. The van der Waals surface area contributed by atoms with Crippen LogP contribution in [0.4, 0.5) is 0 Å². The Kier molecular flexibility index (Phi) is 6.05. The van der Waals surface area contributed by atoms with E-state index in [4.69, 9.17) is 14.5 Å². The molecule has 0 bridgehead atoms. The average Bonchev–Trinajstić information content (AvgIpc) is 3.34. The van der Waals surface area contributed by atoms with E-state index >= 15 is 0 Å². The summed E-state index contributed by atoms with van der Waals surface area (Å²) in [5.41, 5.74) is -0.318. The number of hydrogen-bond donors (Lipinski definition) is 4. The SMILES string of the molecule is OC[C@H]1O[C@@H](N2C3=NC=NC(O)(Cc4ccccc4)C3=NC2N2CCOCC2)[C@H](S)[C@@H]1O. The molecule has 2 saturated heterocycles. The van der Waals surface area contributed by atoms with Gasteiger partial charge in [0.25, 0.3) is 0 Å². The van der Waals surface area contributed by atoms with Gasteiger partial charge in [0.05, 0.1) is 31.2 Å². The second-order valence-electron chi connectivity index (χ2n) is 8.28. The van der Waals surface area contributed by atoms with Gasteiger partial charge in [0.2, 0.25) is 5.72 Å². The predicted molar refractivity (Wildman–Crippen MR) is 121 cm³/mol. The Balaban J connectivity index is 1.51. The lowest BCUT2D eigenvalue weighted by Crippen LogP contribution is -2.58. The number of aliphatic hydroxyl groups is 3. The Morgan fingerprint density at radius 3 is 2.62 bits per heavy atom. The zero-order valence-corrected chi connectivity index (χ0v) is 18.3. The summed E-state index contributed by atoms with van der Waals surface area (Å²) < 4.78 is 11.5. The highest BCUT2D eigenvalue weighted by Crippen LogP contribution is 2.36. The molecule has 0 aliphatic carbocycles. The first-order chi connectivity index (χ1) is 15.5. The maximum atomic E-state index is 11.6. The molecule has 0 spiro atoms. The molecule has 0 saturated carbocycles. The normalized spacial score (nSPS) is 37.4. The largest absolute Gasteiger partial charge is 0.394 e. The van der Waals surface area contributed by atoms with Gasteiger partial charge in [-0.05, 0) is 5.56 Å². The highest BCUT2D eigenvalue weighted by atomic mass is 32.1. The minimum atomic E-state index is -1.59. The van der Waals surface area contributed by atoms with Crippen molar-refractivity contribution in [1.82, 2.24) is 9.80 Å². The first kappa shape index (κ1) is 22.0. The van der Waals surface area contributed by atoms with Crippen LogP contribution in [0.1, 0.15) is 5.56 Å². The fourth-order valence-corrected chi connectivity index (χ4v) is 4.96. The van der Waals surface area contributed by atoms with E-state index in [9.17, 15) is 15.3 Å². The molecule has 3 N–H and O–H groups in total. The topological polar surface area (TPSA) is 123 Å². The summed E-state index contributed by atoms with van der Waals surface area (Å²) in [6.07, 6.45) is -1.37. The highest BCUT2D eigenvalue weighted by molar-refractivity contribution is 7.81. The van der Waals surface area contributed by atoms with Crippen LogP contribution in [0.2, 0.25) is 0 Å². The van der Waals surface area contributed by atoms with Gasteiger partial charge >= 0.3 is 0 Å². The number of benzene rings is 1. The van der Waals surface area contributed by atoms with Crippen molar-refractivity contribution in [2.24, 2.45) is 15.0 Å². The molecule has 10 nitrogen and oxygen atoms in total. The van der Waals surface area contributed by atoms with Crippen LogP contribution >= 0.6 is 12.6 Å². The minimum Gasteiger partial charge on any atom is -0.394 e. The Labute approximate surface area is 191 Å². The van der Waals surface area contributed by atoms with Crippen LogP contribution in [-0.4, -0.2) is 112 Å². The van der Waals surface area contributed by atoms with Crippen LogP contribution in [0.15, 0.2) is 45.3 Å². The predicted octanol–water partition coefficient (Wildman–Crippen LogP) is -0.893. The van der Waals surface area contributed by atoms with Gasteiger partial charge in [-0.3, -0.25) is 9.80 Å². The fraction of sp³-hybridized carbons (Fsp3) is 0.571. The maximum absolute atomic E-state index is 11.6. The molecule has 6 atom stereocenters. The molecular formula is C21H27N5O5S. The van der Waals surface area contributed by atoms with Gasteiger partial charge in [-0.1, -0.05) is 30.3 Å². The molecule has 172 valence electrons. The van der Waals surface area contributed by atoms with Crippen molar-refractivity contribution in [2.75, 3.05) is 32.9 Å². The van der Waals surface area contributed by atoms with E-state index in [1.54, 1.807) is 0 Å². The van der Waals surface area contributed by atoms with Gasteiger partial charge in [0.1, 0.15) is 24.4 Å². The second kappa shape index (κ2) is 8.82. The fourth-order valence-electron chi connectivity index (χ4n) is 4.56. The smallest absolute Gasteiger partial charge is 0.208 e. The van der Waals surface area contributed by atoms with E-state index in [2.05, 4.69) is 27.5 Å². The quantitative estimate of drug-likeness (QED) is 0.420. The van der Waals surface area contributed by atoms with Gasteiger partial charge < -0.3 is 24.8 Å². The Morgan fingerprint density at radius 2 is 1.94 bits per heavy atom. The van der Waals surface area contributed by atoms with E-state index in [-0.39, 0.29) is 13.0 Å². The Morgan fingerprint density at radius 1 is 1.19 bits per heavy atom. The van der Waals surface area contributed by atoms with Gasteiger partial charge in [-0.2, -0.15) is 12.6 Å². The molecule has 1 aromatic carbocycles. The van der Waals surface area contributed by atoms with Gasteiger partial charge in [0, 0.05) is 19.5 Å². The number of hydrogen-bond acceptors (Lipinski definition) is 11.